The molecular weight excluding hydrogens is 494 g/mol. The zero-order valence-electron chi connectivity index (χ0n) is 22.5. The molecule has 1 atom stereocenters. The molecule has 0 aliphatic carbocycles. The average Bonchev–Trinajstić information content (AvgIpc) is 3.29. The first kappa shape index (κ1) is 27.7. The highest BCUT2D eigenvalue weighted by Gasteiger charge is 2.11. The number of ether oxygens (including phenoxy) is 1. The van der Waals surface area contributed by atoms with E-state index in [9.17, 15) is 4.79 Å². The third-order valence-electron chi connectivity index (χ3n) is 7.02. The van der Waals surface area contributed by atoms with Crippen LogP contribution in [0.4, 0.5) is 0 Å². The van der Waals surface area contributed by atoms with Crippen molar-refractivity contribution in [2.24, 2.45) is 0 Å². The second-order valence-corrected chi connectivity index (χ2v) is 10.3. The summed E-state index contributed by atoms with van der Waals surface area (Å²) in [4.78, 5) is 17.2. The van der Waals surface area contributed by atoms with Gasteiger partial charge in [0.15, 0.2) is 0 Å². The van der Waals surface area contributed by atoms with Gasteiger partial charge in [-0.1, -0.05) is 61.8 Å². The van der Waals surface area contributed by atoms with E-state index >= 15 is 0 Å². The van der Waals surface area contributed by atoms with Crippen LogP contribution < -0.4 is 10.1 Å². The van der Waals surface area contributed by atoms with Crippen molar-refractivity contribution < 1.29 is 9.53 Å². The minimum absolute atomic E-state index is 0.0235. The van der Waals surface area contributed by atoms with Gasteiger partial charge in [0, 0.05) is 24.5 Å². The fourth-order valence-corrected chi connectivity index (χ4v) is 4.71. The molecule has 1 N–H and O–H groups in total. The number of amides is 1. The maximum Gasteiger partial charge on any atom is 0.224 e. The first-order chi connectivity index (χ1) is 18.5. The minimum Gasteiger partial charge on any atom is -0.494 e. The molecule has 1 amide bonds. The van der Waals surface area contributed by atoms with Gasteiger partial charge in [0.25, 0.3) is 0 Å². The lowest BCUT2D eigenvalue weighted by atomic mass is 9.99. The summed E-state index contributed by atoms with van der Waals surface area (Å²) in [5.74, 6) is 2.60. The largest absolute Gasteiger partial charge is 0.494 e. The van der Waals surface area contributed by atoms with Gasteiger partial charge < -0.3 is 14.6 Å². The van der Waals surface area contributed by atoms with Crippen molar-refractivity contribution in [2.75, 3.05) is 13.2 Å². The lowest BCUT2D eigenvalue weighted by Gasteiger charge is -2.12. The van der Waals surface area contributed by atoms with Crippen molar-refractivity contribution in [2.45, 2.75) is 64.8 Å². The number of benzene rings is 3. The van der Waals surface area contributed by atoms with Crippen molar-refractivity contribution in [3.63, 3.8) is 0 Å². The average molecular weight is 532 g/mol. The number of nitrogens with one attached hydrogen (secondary N) is 1. The van der Waals surface area contributed by atoms with E-state index in [1.165, 1.54) is 5.56 Å². The normalized spacial score (nSPS) is 12.0. The summed E-state index contributed by atoms with van der Waals surface area (Å²) in [7, 11) is 0. The number of carbonyl (C=O) groups is 1. The Labute approximate surface area is 231 Å². The Morgan fingerprint density at radius 2 is 1.76 bits per heavy atom. The number of imidazole rings is 1. The molecular formula is C32H38ClN3O2. The predicted molar refractivity (Wildman–Crippen MR) is 156 cm³/mol. The summed E-state index contributed by atoms with van der Waals surface area (Å²) in [6.07, 6.45) is 5.14. The number of hydrogen-bond acceptors (Lipinski definition) is 3. The first-order valence-corrected chi connectivity index (χ1v) is 14.1. The third kappa shape index (κ3) is 7.84. The molecule has 0 fully saturated rings. The molecule has 0 bridgehead atoms. The van der Waals surface area contributed by atoms with Gasteiger partial charge in [-0.2, -0.15) is 0 Å². The van der Waals surface area contributed by atoms with Crippen LogP contribution in [0.3, 0.4) is 0 Å². The van der Waals surface area contributed by atoms with Crippen LogP contribution in [0, 0.1) is 0 Å². The summed E-state index contributed by atoms with van der Waals surface area (Å²) in [5.41, 5.74) is 4.50. The number of carbonyl (C=O) groups excluding carboxylic acids is 1. The molecule has 3 aromatic carbocycles. The molecule has 200 valence electrons. The van der Waals surface area contributed by atoms with E-state index in [2.05, 4.69) is 66.2 Å². The van der Waals surface area contributed by atoms with Gasteiger partial charge in [0.1, 0.15) is 11.6 Å². The fourth-order valence-electron chi connectivity index (χ4n) is 4.58. The van der Waals surface area contributed by atoms with Gasteiger partial charge in [-0.15, -0.1) is 0 Å². The highest BCUT2D eigenvalue weighted by atomic mass is 35.5. The highest BCUT2D eigenvalue weighted by molar-refractivity contribution is 6.30. The molecule has 1 heterocycles. The number of unbranched alkanes of at least 4 members (excludes halogenated alkanes) is 1. The van der Waals surface area contributed by atoms with E-state index < -0.39 is 0 Å². The molecule has 0 saturated carbocycles. The van der Waals surface area contributed by atoms with E-state index in [4.69, 9.17) is 21.3 Å². The van der Waals surface area contributed by atoms with Crippen LogP contribution in [0.25, 0.3) is 11.0 Å². The summed E-state index contributed by atoms with van der Waals surface area (Å²) < 4.78 is 8.32. The lowest BCUT2D eigenvalue weighted by molar-refractivity contribution is -0.120. The van der Waals surface area contributed by atoms with E-state index in [1.807, 2.05) is 30.3 Å². The third-order valence-corrected chi connectivity index (χ3v) is 7.27. The Morgan fingerprint density at radius 1 is 1.00 bits per heavy atom. The van der Waals surface area contributed by atoms with Crippen LogP contribution >= 0.6 is 11.6 Å². The molecule has 1 unspecified atom stereocenters. The molecule has 4 rings (SSSR count). The van der Waals surface area contributed by atoms with Crippen molar-refractivity contribution >= 4 is 28.5 Å². The van der Waals surface area contributed by atoms with E-state index in [1.54, 1.807) is 0 Å². The van der Waals surface area contributed by atoms with Crippen molar-refractivity contribution in [1.82, 2.24) is 14.9 Å². The minimum atomic E-state index is 0.0235. The number of hydrogen-bond donors (Lipinski definition) is 1. The number of aromatic nitrogens is 2. The van der Waals surface area contributed by atoms with Crippen LogP contribution in [-0.4, -0.2) is 28.6 Å². The van der Waals surface area contributed by atoms with Crippen molar-refractivity contribution in [3.05, 3.63) is 94.8 Å². The maximum absolute atomic E-state index is 12.3. The highest BCUT2D eigenvalue weighted by Crippen LogP contribution is 2.22. The van der Waals surface area contributed by atoms with Gasteiger partial charge in [-0.25, -0.2) is 4.98 Å². The zero-order valence-corrected chi connectivity index (χ0v) is 23.2. The maximum atomic E-state index is 12.3. The second-order valence-electron chi connectivity index (χ2n) is 9.86. The molecule has 0 spiro atoms. The number of nitrogens with zero attached hydrogens (tertiary/aromatic N) is 2. The van der Waals surface area contributed by atoms with Gasteiger partial charge in [-0.05, 0) is 79.1 Å². The zero-order chi connectivity index (χ0) is 26.7. The number of halogens is 1. The molecule has 0 aliphatic heterocycles. The second kappa shape index (κ2) is 14.0. The van der Waals surface area contributed by atoms with E-state index in [0.29, 0.717) is 30.5 Å². The topological polar surface area (TPSA) is 56.1 Å². The Kier molecular flexibility index (Phi) is 10.2. The van der Waals surface area contributed by atoms with Crippen LogP contribution in [0.1, 0.15) is 62.4 Å². The Morgan fingerprint density at radius 3 is 2.53 bits per heavy atom. The molecule has 38 heavy (non-hydrogen) atoms. The number of para-hydroxylation sites is 2. The van der Waals surface area contributed by atoms with Crippen LogP contribution in [0.5, 0.6) is 5.75 Å². The molecule has 0 radical (unpaired) electrons. The predicted octanol–water partition coefficient (Wildman–Crippen LogP) is 7.35. The van der Waals surface area contributed by atoms with Gasteiger partial charge >= 0.3 is 0 Å². The fraction of sp³-hybridized carbons (Fsp3) is 0.375. The molecule has 0 saturated heterocycles. The summed E-state index contributed by atoms with van der Waals surface area (Å²) in [6.45, 7) is 6.69. The molecule has 0 aliphatic rings. The first-order valence-electron chi connectivity index (χ1n) is 13.7. The lowest BCUT2D eigenvalue weighted by Crippen LogP contribution is -2.26. The molecule has 1 aromatic heterocycles. The monoisotopic (exact) mass is 531 g/mol. The molecule has 4 aromatic rings. The van der Waals surface area contributed by atoms with E-state index in [-0.39, 0.29) is 5.91 Å². The van der Waals surface area contributed by atoms with Gasteiger partial charge in [0.05, 0.1) is 24.1 Å². The SMILES string of the molecule is CCC(C)c1ccc(OCCCCn2c(CCCNC(=O)Cc3ccc(Cl)cc3)nc3ccccc32)cc1. The van der Waals surface area contributed by atoms with Gasteiger partial charge in [0.2, 0.25) is 5.91 Å². The van der Waals surface area contributed by atoms with Crippen LogP contribution in [0.2, 0.25) is 5.02 Å². The Bertz CT molecular complexity index is 1300. The van der Waals surface area contributed by atoms with Gasteiger partial charge in [-0.3, -0.25) is 4.79 Å². The standard InChI is InChI=1S/C32H38ClN3O2/c1-3-24(2)26-14-18-28(19-15-26)38-22-7-6-21-36-30-10-5-4-9-29(30)35-31(36)11-8-20-34-32(37)23-25-12-16-27(33)17-13-25/h4-5,9-10,12-19,24H,3,6-8,11,20-23H2,1-2H3,(H,34,37). The van der Waals surface area contributed by atoms with E-state index in [0.717, 1.165) is 66.8 Å². The Balaban J connectivity index is 1.23. The summed E-state index contributed by atoms with van der Waals surface area (Å²) >= 11 is 5.93. The van der Waals surface area contributed by atoms with Crippen LogP contribution in [-0.2, 0) is 24.2 Å². The number of rotatable bonds is 14. The molecule has 5 nitrogen and oxygen atoms in total. The molecule has 6 heteroatoms. The summed E-state index contributed by atoms with van der Waals surface area (Å²) in [6, 6.07) is 24.2. The Hall–Kier alpha value is -3.31. The smallest absolute Gasteiger partial charge is 0.224 e. The van der Waals surface area contributed by atoms with Crippen molar-refractivity contribution in [3.8, 4) is 5.75 Å². The number of aryl methyl sites for hydroxylation is 2. The van der Waals surface area contributed by atoms with Crippen LogP contribution in [0.15, 0.2) is 72.8 Å². The quantitative estimate of drug-likeness (QED) is 0.173. The number of fused-ring (bicyclic) bond motifs is 1. The van der Waals surface area contributed by atoms with Crippen molar-refractivity contribution in [1.29, 1.82) is 0 Å². The summed E-state index contributed by atoms with van der Waals surface area (Å²) in [5, 5.41) is 3.71.